The summed E-state index contributed by atoms with van der Waals surface area (Å²) >= 11 is 6.23. The van der Waals surface area contributed by atoms with Gasteiger partial charge in [0, 0.05) is 31.3 Å². The molecule has 2 amide bonds. The number of ether oxygens (including phenoxy) is 1. The van der Waals surface area contributed by atoms with Crippen molar-refractivity contribution in [3.05, 3.63) is 28.8 Å². The molecule has 0 unspecified atom stereocenters. The van der Waals surface area contributed by atoms with E-state index >= 15 is 0 Å². The van der Waals surface area contributed by atoms with Crippen molar-refractivity contribution in [2.45, 2.75) is 39.2 Å². The number of benzene rings is 1. The van der Waals surface area contributed by atoms with Gasteiger partial charge in [0.25, 0.3) is 5.91 Å². The van der Waals surface area contributed by atoms with Gasteiger partial charge in [0.05, 0.1) is 16.7 Å². The lowest BCUT2D eigenvalue weighted by atomic mass is 10.1. The van der Waals surface area contributed by atoms with Crippen LogP contribution in [0, 0.1) is 5.92 Å². The van der Waals surface area contributed by atoms with Crippen molar-refractivity contribution in [3.63, 3.8) is 0 Å². The Morgan fingerprint density at radius 1 is 1.35 bits per heavy atom. The zero-order chi connectivity index (χ0) is 19.1. The summed E-state index contributed by atoms with van der Waals surface area (Å²) in [5, 5.41) is 3.19. The first kappa shape index (κ1) is 20.7. The minimum Gasteiger partial charge on any atom is -0.378 e. The van der Waals surface area contributed by atoms with E-state index in [0.717, 1.165) is 19.3 Å². The Labute approximate surface area is 160 Å². The van der Waals surface area contributed by atoms with Gasteiger partial charge >= 0.3 is 0 Å². The third-order valence-corrected chi connectivity index (χ3v) is 4.75. The molecule has 1 fully saturated rings. The number of hydrogen-bond donors (Lipinski definition) is 2. The average Bonchev–Trinajstić information content (AvgIpc) is 2.63. The number of nitrogens with two attached hydrogens (primary N) is 1. The van der Waals surface area contributed by atoms with Gasteiger partial charge in [0.1, 0.15) is 0 Å². The standard InChI is InChI=1S/C19H28ClN3O3/c1-13(2)18(24)22-14-4-5-17(20)16(12-14)19(25)23-9-6-15(7-10-23)26-11-3-8-21/h4-5,12-13,15H,3,6-11,21H2,1-2H3,(H,22,24). The Bertz CT molecular complexity index is 628. The highest BCUT2D eigenvalue weighted by Crippen LogP contribution is 2.24. The maximum absolute atomic E-state index is 12.8. The van der Waals surface area contributed by atoms with Crippen LogP contribution in [0.25, 0.3) is 0 Å². The van der Waals surface area contributed by atoms with Gasteiger partial charge in [-0.25, -0.2) is 0 Å². The maximum Gasteiger partial charge on any atom is 0.255 e. The van der Waals surface area contributed by atoms with Crippen molar-refractivity contribution in [1.82, 2.24) is 4.90 Å². The van der Waals surface area contributed by atoms with Gasteiger partial charge < -0.3 is 20.7 Å². The van der Waals surface area contributed by atoms with Crippen LogP contribution in [0.4, 0.5) is 5.69 Å². The number of anilines is 1. The van der Waals surface area contributed by atoms with Gasteiger partial charge in [-0.2, -0.15) is 0 Å². The molecule has 0 spiro atoms. The summed E-state index contributed by atoms with van der Waals surface area (Å²) in [5.41, 5.74) is 6.46. The van der Waals surface area contributed by atoms with Crippen LogP contribution in [0.15, 0.2) is 18.2 Å². The van der Waals surface area contributed by atoms with Crippen molar-refractivity contribution in [3.8, 4) is 0 Å². The Morgan fingerprint density at radius 2 is 2.04 bits per heavy atom. The first-order valence-electron chi connectivity index (χ1n) is 9.13. The highest BCUT2D eigenvalue weighted by Gasteiger charge is 2.25. The van der Waals surface area contributed by atoms with E-state index in [-0.39, 0.29) is 23.8 Å². The number of rotatable bonds is 7. The molecule has 3 N–H and O–H groups in total. The summed E-state index contributed by atoms with van der Waals surface area (Å²) < 4.78 is 5.77. The monoisotopic (exact) mass is 381 g/mol. The van der Waals surface area contributed by atoms with E-state index < -0.39 is 0 Å². The molecule has 1 aliphatic rings. The second-order valence-corrected chi connectivity index (χ2v) is 7.25. The van der Waals surface area contributed by atoms with E-state index in [4.69, 9.17) is 22.1 Å². The molecule has 0 aliphatic carbocycles. The number of carbonyl (C=O) groups excluding carboxylic acids is 2. The van der Waals surface area contributed by atoms with Gasteiger partial charge in [0.15, 0.2) is 0 Å². The molecule has 0 radical (unpaired) electrons. The van der Waals surface area contributed by atoms with Crippen LogP contribution in [0.1, 0.15) is 43.5 Å². The quantitative estimate of drug-likeness (QED) is 0.711. The smallest absolute Gasteiger partial charge is 0.255 e. The van der Waals surface area contributed by atoms with E-state index in [1.54, 1.807) is 23.1 Å². The van der Waals surface area contributed by atoms with Crippen LogP contribution in [-0.2, 0) is 9.53 Å². The Hall–Kier alpha value is -1.63. The Balaban J connectivity index is 1.98. The highest BCUT2D eigenvalue weighted by molar-refractivity contribution is 6.34. The molecule has 26 heavy (non-hydrogen) atoms. The third kappa shape index (κ3) is 5.69. The van der Waals surface area contributed by atoms with E-state index in [1.165, 1.54) is 0 Å². The number of nitrogens with zero attached hydrogens (tertiary/aromatic N) is 1. The Morgan fingerprint density at radius 3 is 2.65 bits per heavy atom. The van der Waals surface area contributed by atoms with Crippen molar-refractivity contribution in [1.29, 1.82) is 0 Å². The molecule has 0 atom stereocenters. The molecule has 1 saturated heterocycles. The molecule has 0 saturated carbocycles. The number of halogens is 1. The highest BCUT2D eigenvalue weighted by atomic mass is 35.5. The second-order valence-electron chi connectivity index (χ2n) is 6.84. The van der Waals surface area contributed by atoms with Crippen LogP contribution in [0.2, 0.25) is 5.02 Å². The molecule has 7 heteroatoms. The van der Waals surface area contributed by atoms with Crippen LogP contribution in [0.5, 0.6) is 0 Å². The number of piperidine rings is 1. The van der Waals surface area contributed by atoms with Crippen molar-refractivity contribution >= 4 is 29.1 Å². The van der Waals surface area contributed by atoms with Crippen LogP contribution in [0.3, 0.4) is 0 Å². The molecule has 1 aromatic carbocycles. The van der Waals surface area contributed by atoms with E-state index in [2.05, 4.69) is 5.32 Å². The van der Waals surface area contributed by atoms with Gasteiger partial charge in [-0.3, -0.25) is 9.59 Å². The zero-order valence-electron chi connectivity index (χ0n) is 15.5. The number of hydrogen-bond acceptors (Lipinski definition) is 4. The van der Waals surface area contributed by atoms with Crippen LogP contribution >= 0.6 is 11.6 Å². The molecule has 1 heterocycles. The zero-order valence-corrected chi connectivity index (χ0v) is 16.2. The summed E-state index contributed by atoms with van der Waals surface area (Å²) in [5.74, 6) is -0.347. The van der Waals surface area contributed by atoms with E-state index in [9.17, 15) is 9.59 Å². The fourth-order valence-corrected chi connectivity index (χ4v) is 2.98. The predicted octanol–water partition coefficient (Wildman–Crippen LogP) is 2.90. The molecule has 0 aromatic heterocycles. The lowest BCUT2D eigenvalue weighted by Gasteiger charge is -2.32. The number of carbonyl (C=O) groups is 2. The SMILES string of the molecule is CC(C)C(=O)Nc1ccc(Cl)c(C(=O)N2CCC(OCCCN)CC2)c1. The first-order chi connectivity index (χ1) is 12.4. The lowest BCUT2D eigenvalue weighted by molar-refractivity contribution is -0.118. The molecule has 2 rings (SSSR count). The maximum atomic E-state index is 12.8. The summed E-state index contributed by atoms with van der Waals surface area (Å²) in [6.07, 6.45) is 2.64. The molecule has 1 aliphatic heterocycles. The summed E-state index contributed by atoms with van der Waals surface area (Å²) in [4.78, 5) is 26.5. The van der Waals surface area contributed by atoms with Gasteiger partial charge in [-0.05, 0) is 44.0 Å². The van der Waals surface area contributed by atoms with Crippen molar-refractivity contribution < 1.29 is 14.3 Å². The second kappa shape index (κ2) is 9.90. The fraction of sp³-hybridized carbons (Fsp3) is 0.579. The average molecular weight is 382 g/mol. The third-order valence-electron chi connectivity index (χ3n) is 4.42. The van der Waals surface area contributed by atoms with Crippen molar-refractivity contribution in [2.24, 2.45) is 11.7 Å². The fourth-order valence-electron chi connectivity index (χ4n) is 2.78. The van der Waals surface area contributed by atoms with E-state index in [1.807, 2.05) is 13.8 Å². The Kier molecular flexibility index (Phi) is 7.87. The van der Waals surface area contributed by atoms with Crippen LogP contribution < -0.4 is 11.1 Å². The number of likely N-dealkylation sites (tertiary alicyclic amines) is 1. The molecule has 1 aromatic rings. The molecular formula is C19H28ClN3O3. The largest absolute Gasteiger partial charge is 0.378 e. The summed E-state index contributed by atoms with van der Waals surface area (Å²) in [6.45, 7) is 6.18. The predicted molar refractivity (Wildman–Crippen MR) is 103 cm³/mol. The molecule has 0 bridgehead atoms. The molecule has 144 valence electrons. The number of amides is 2. The van der Waals surface area contributed by atoms with Crippen molar-refractivity contribution in [2.75, 3.05) is 31.6 Å². The van der Waals surface area contributed by atoms with Gasteiger partial charge in [-0.15, -0.1) is 0 Å². The normalized spacial score (nSPS) is 15.3. The minimum atomic E-state index is -0.136. The molecule has 6 nitrogen and oxygen atoms in total. The topological polar surface area (TPSA) is 84.7 Å². The van der Waals surface area contributed by atoms with Gasteiger partial charge in [0.2, 0.25) is 5.91 Å². The lowest BCUT2D eigenvalue weighted by Crippen LogP contribution is -2.41. The molecular weight excluding hydrogens is 354 g/mol. The summed E-state index contributed by atoms with van der Waals surface area (Å²) in [6, 6.07) is 5.00. The summed E-state index contributed by atoms with van der Waals surface area (Å²) in [7, 11) is 0. The minimum absolute atomic E-state index is 0.0961. The van der Waals surface area contributed by atoms with Gasteiger partial charge in [-0.1, -0.05) is 25.4 Å². The first-order valence-corrected chi connectivity index (χ1v) is 9.51. The van der Waals surface area contributed by atoms with E-state index in [0.29, 0.717) is 42.5 Å². The van der Waals surface area contributed by atoms with Crippen LogP contribution in [-0.4, -0.2) is 49.1 Å². The number of nitrogens with one attached hydrogen (secondary N) is 1.